The molecule has 1 aromatic carbocycles. The molecule has 1 aromatic heterocycles. The molecule has 3 rings (SSSR count). The molecule has 0 aliphatic carbocycles. The Bertz CT molecular complexity index is 830. The summed E-state index contributed by atoms with van der Waals surface area (Å²) in [6, 6.07) is 8.20. The van der Waals surface area contributed by atoms with Gasteiger partial charge in [0.25, 0.3) is 0 Å². The Morgan fingerprint density at radius 1 is 1.12 bits per heavy atom. The predicted molar refractivity (Wildman–Crippen MR) is 100 cm³/mol. The van der Waals surface area contributed by atoms with Gasteiger partial charge in [-0.25, -0.2) is 12.7 Å². The first-order chi connectivity index (χ1) is 12.3. The average molecular weight is 378 g/mol. The van der Waals surface area contributed by atoms with E-state index in [9.17, 15) is 8.42 Å². The Morgan fingerprint density at radius 2 is 1.85 bits per heavy atom. The van der Waals surface area contributed by atoms with Gasteiger partial charge in [0, 0.05) is 25.2 Å². The zero-order valence-corrected chi connectivity index (χ0v) is 16.4. The van der Waals surface area contributed by atoms with E-state index in [-0.39, 0.29) is 0 Å². The van der Waals surface area contributed by atoms with Crippen LogP contribution in [0.1, 0.15) is 37.6 Å². The third kappa shape index (κ3) is 4.69. The Kier molecular flexibility index (Phi) is 5.74. The van der Waals surface area contributed by atoms with Crippen LogP contribution in [-0.2, 0) is 16.6 Å². The highest BCUT2D eigenvalue weighted by atomic mass is 32.2. The fourth-order valence-corrected chi connectivity index (χ4v) is 3.96. The van der Waals surface area contributed by atoms with Crippen LogP contribution in [0.3, 0.4) is 0 Å². The van der Waals surface area contributed by atoms with Crippen LogP contribution in [-0.4, -0.2) is 60.2 Å². The number of hydrogen-bond acceptors (Lipinski definition) is 6. The van der Waals surface area contributed by atoms with E-state index in [1.54, 1.807) is 0 Å². The number of aromatic nitrogens is 2. The maximum Gasteiger partial charge on any atom is 0.241 e. The summed E-state index contributed by atoms with van der Waals surface area (Å²) in [5, 5.41) is 4.09. The highest BCUT2D eigenvalue weighted by Gasteiger charge is 2.22. The van der Waals surface area contributed by atoms with Crippen molar-refractivity contribution in [2.75, 3.05) is 32.4 Å². The van der Waals surface area contributed by atoms with E-state index in [4.69, 9.17) is 4.52 Å². The first-order valence-corrected chi connectivity index (χ1v) is 10.8. The van der Waals surface area contributed by atoms with E-state index in [2.05, 4.69) is 41.0 Å². The van der Waals surface area contributed by atoms with E-state index in [0.717, 1.165) is 18.5 Å². The Balaban J connectivity index is 1.63. The summed E-state index contributed by atoms with van der Waals surface area (Å²) >= 11 is 0. The van der Waals surface area contributed by atoms with E-state index in [1.807, 2.05) is 12.1 Å². The topological polar surface area (TPSA) is 79.5 Å². The number of hydrogen-bond donors (Lipinski definition) is 0. The lowest BCUT2D eigenvalue weighted by Gasteiger charge is -2.18. The molecule has 0 atom stereocenters. The van der Waals surface area contributed by atoms with Crippen molar-refractivity contribution in [2.24, 2.45) is 0 Å². The van der Waals surface area contributed by atoms with Crippen molar-refractivity contribution in [1.29, 1.82) is 0 Å². The molecule has 7 nitrogen and oxygen atoms in total. The Hall–Kier alpha value is -1.77. The monoisotopic (exact) mass is 378 g/mol. The first kappa shape index (κ1) is 19.0. The predicted octanol–water partition coefficient (Wildman–Crippen LogP) is 2.33. The summed E-state index contributed by atoms with van der Waals surface area (Å²) < 4.78 is 30.3. The van der Waals surface area contributed by atoms with Crippen LogP contribution in [0.5, 0.6) is 0 Å². The van der Waals surface area contributed by atoms with Crippen molar-refractivity contribution in [2.45, 2.75) is 32.7 Å². The van der Waals surface area contributed by atoms with Crippen molar-refractivity contribution in [3.8, 4) is 11.4 Å². The molecule has 0 unspecified atom stereocenters. The van der Waals surface area contributed by atoms with Gasteiger partial charge >= 0.3 is 0 Å². The number of sulfonamides is 1. The molecule has 0 spiro atoms. The molecule has 0 amide bonds. The molecule has 0 radical (unpaired) electrons. The fraction of sp³-hybridized carbons (Fsp3) is 0.556. The van der Waals surface area contributed by atoms with Gasteiger partial charge in [-0.1, -0.05) is 43.3 Å². The van der Waals surface area contributed by atoms with Gasteiger partial charge in [0.1, 0.15) is 0 Å². The molecule has 0 N–H and O–H groups in total. The molecule has 8 heteroatoms. The molecular weight excluding hydrogens is 352 g/mol. The molecule has 26 heavy (non-hydrogen) atoms. The summed E-state index contributed by atoms with van der Waals surface area (Å²) in [6.07, 6.45) is 2.06. The maximum absolute atomic E-state index is 11.7. The van der Waals surface area contributed by atoms with Crippen LogP contribution in [0.15, 0.2) is 28.8 Å². The minimum Gasteiger partial charge on any atom is -0.338 e. The molecule has 1 saturated heterocycles. The van der Waals surface area contributed by atoms with Crippen LogP contribution >= 0.6 is 0 Å². The zero-order valence-electron chi connectivity index (χ0n) is 15.6. The summed E-state index contributed by atoms with van der Waals surface area (Å²) in [7, 11) is -3.13. The molecule has 2 aromatic rings. The molecular formula is C18H26N4O3S. The molecule has 1 aliphatic rings. The average Bonchev–Trinajstić information content (AvgIpc) is 2.91. The zero-order chi connectivity index (χ0) is 18.7. The van der Waals surface area contributed by atoms with E-state index in [1.165, 1.54) is 16.1 Å². The van der Waals surface area contributed by atoms with Crippen molar-refractivity contribution >= 4 is 10.0 Å². The largest absolute Gasteiger partial charge is 0.338 e. The van der Waals surface area contributed by atoms with Gasteiger partial charge in [0.05, 0.1) is 12.8 Å². The molecule has 1 aliphatic heterocycles. The van der Waals surface area contributed by atoms with E-state index >= 15 is 0 Å². The van der Waals surface area contributed by atoms with Crippen LogP contribution in [0, 0.1) is 0 Å². The van der Waals surface area contributed by atoms with Crippen LogP contribution in [0.2, 0.25) is 0 Å². The van der Waals surface area contributed by atoms with Crippen molar-refractivity contribution in [3.05, 3.63) is 35.7 Å². The Morgan fingerprint density at radius 3 is 2.50 bits per heavy atom. The summed E-state index contributed by atoms with van der Waals surface area (Å²) in [5.74, 6) is 1.63. The van der Waals surface area contributed by atoms with Gasteiger partial charge in [-0.05, 0) is 24.4 Å². The third-order valence-corrected chi connectivity index (χ3v) is 5.98. The lowest BCUT2D eigenvalue weighted by Crippen LogP contribution is -2.34. The summed E-state index contributed by atoms with van der Waals surface area (Å²) in [6.45, 7) is 7.39. The standard InChI is InChI=1S/C18H26N4O3S/c1-14(2)15-5-7-16(8-6-15)18-19-17(25-20-18)13-21-9-4-10-22(12-11-21)26(3,23)24/h5-8,14H,4,9-13H2,1-3H3. The smallest absolute Gasteiger partial charge is 0.241 e. The van der Waals surface area contributed by atoms with Crippen LogP contribution in [0.25, 0.3) is 11.4 Å². The second kappa shape index (κ2) is 7.85. The third-order valence-electron chi connectivity index (χ3n) is 4.68. The number of rotatable bonds is 5. The van der Waals surface area contributed by atoms with Gasteiger partial charge in [-0.3, -0.25) is 4.90 Å². The lowest BCUT2D eigenvalue weighted by molar-refractivity contribution is 0.236. The van der Waals surface area contributed by atoms with Crippen molar-refractivity contribution < 1.29 is 12.9 Å². The van der Waals surface area contributed by atoms with E-state index in [0.29, 0.717) is 43.8 Å². The minimum atomic E-state index is -3.13. The summed E-state index contributed by atoms with van der Waals surface area (Å²) in [4.78, 5) is 6.65. The number of benzene rings is 1. The second-order valence-corrected chi connectivity index (χ2v) is 9.06. The summed E-state index contributed by atoms with van der Waals surface area (Å²) in [5.41, 5.74) is 2.21. The van der Waals surface area contributed by atoms with Gasteiger partial charge in [0.2, 0.25) is 21.7 Å². The SMILES string of the molecule is CC(C)c1ccc(-c2noc(CN3CCCN(S(C)(=O)=O)CC3)n2)cc1. The van der Waals surface area contributed by atoms with Gasteiger partial charge in [-0.15, -0.1) is 0 Å². The molecule has 2 heterocycles. The quantitative estimate of drug-likeness (QED) is 0.794. The van der Waals surface area contributed by atoms with Crippen LogP contribution < -0.4 is 0 Å². The maximum atomic E-state index is 11.7. The first-order valence-electron chi connectivity index (χ1n) is 8.93. The highest BCUT2D eigenvalue weighted by Crippen LogP contribution is 2.21. The molecule has 1 fully saturated rings. The molecule has 0 saturated carbocycles. The minimum absolute atomic E-state index is 0.486. The highest BCUT2D eigenvalue weighted by molar-refractivity contribution is 7.88. The normalized spacial score (nSPS) is 17.5. The molecule has 142 valence electrons. The van der Waals surface area contributed by atoms with Crippen molar-refractivity contribution in [1.82, 2.24) is 19.3 Å². The van der Waals surface area contributed by atoms with Gasteiger partial charge in [-0.2, -0.15) is 4.98 Å². The van der Waals surface area contributed by atoms with E-state index < -0.39 is 10.0 Å². The van der Waals surface area contributed by atoms with Crippen molar-refractivity contribution in [3.63, 3.8) is 0 Å². The van der Waals surface area contributed by atoms with Crippen LogP contribution in [0.4, 0.5) is 0 Å². The lowest BCUT2D eigenvalue weighted by atomic mass is 10.0. The fourth-order valence-electron chi connectivity index (χ4n) is 3.08. The Labute approximate surface area is 155 Å². The van der Waals surface area contributed by atoms with Gasteiger partial charge < -0.3 is 4.52 Å². The second-order valence-electron chi connectivity index (χ2n) is 7.08. The van der Waals surface area contributed by atoms with Gasteiger partial charge in [0.15, 0.2) is 0 Å². The molecule has 0 bridgehead atoms. The number of nitrogens with zero attached hydrogens (tertiary/aromatic N) is 4.